The van der Waals surface area contributed by atoms with Crippen LogP contribution in [0.2, 0.25) is 5.02 Å². The number of aromatic nitrogens is 3. The van der Waals surface area contributed by atoms with E-state index in [2.05, 4.69) is 20.7 Å². The molecule has 0 aliphatic heterocycles. The molecule has 3 rings (SSSR count). The molecule has 0 aliphatic carbocycles. The minimum Gasteiger partial charge on any atom is -0.467 e. The summed E-state index contributed by atoms with van der Waals surface area (Å²) in [4.78, 5) is 16.0. The molecule has 9 heteroatoms. The summed E-state index contributed by atoms with van der Waals surface area (Å²) in [5.41, 5.74) is 0. The number of nitrogens with one attached hydrogen (secondary N) is 2. The SMILES string of the molecule is O=C(NCC(O)c1ccco1)Nc1ccn(-c2ncccc2Cl)n1. The number of amides is 2. The number of aliphatic hydroxyl groups excluding tert-OH is 1. The van der Waals surface area contributed by atoms with Crippen molar-refractivity contribution in [3.63, 3.8) is 0 Å². The molecular formula is C15H14ClN5O3. The third kappa shape index (κ3) is 3.73. The number of aliphatic hydroxyl groups is 1. The van der Waals surface area contributed by atoms with Gasteiger partial charge in [-0.05, 0) is 24.3 Å². The molecule has 2 amide bonds. The van der Waals surface area contributed by atoms with Gasteiger partial charge in [-0.1, -0.05) is 11.6 Å². The van der Waals surface area contributed by atoms with Crippen LogP contribution in [0.15, 0.2) is 53.4 Å². The van der Waals surface area contributed by atoms with E-state index in [-0.39, 0.29) is 6.54 Å². The zero-order chi connectivity index (χ0) is 16.9. The molecule has 24 heavy (non-hydrogen) atoms. The number of pyridine rings is 1. The molecule has 0 saturated carbocycles. The van der Waals surface area contributed by atoms with Gasteiger partial charge in [0.05, 0.1) is 17.8 Å². The third-order valence-corrected chi connectivity index (χ3v) is 3.41. The fraction of sp³-hybridized carbons (Fsp3) is 0.133. The van der Waals surface area contributed by atoms with Crippen LogP contribution in [0.4, 0.5) is 10.6 Å². The molecule has 0 fully saturated rings. The minimum absolute atomic E-state index is 0.00608. The quantitative estimate of drug-likeness (QED) is 0.657. The van der Waals surface area contributed by atoms with E-state index in [4.69, 9.17) is 16.0 Å². The van der Waals surface area contributed by atoms with Crippen LogP contribution in [0, 0.1) is 0 Å². The number of furan rings is 1. The molecule has 0 radical (unpaired) electrons. The average Bonchev–Trinajstić information content (AvgIpc) is 3.25. The molecule has 8 nitrogen and oxygen atoms in total. The Kier molecular flexibility index (Phi) is 4.78. The lowest BCUT2D eigenvalue weighted by Crippen LogP contribution is -2.32. The van der Waals surface area contributed by atoms with Crippen molar-refractivity contribution in [2.75, 3.05) is 11.9 Å². The van der Waals surface area contributed by atoms with Crippen molar-refractivity contribution in [1.82, 2.24) is 20.1 Å². The summed E-state index contributed by atoms with van der Waals surface area (Å²) in [5.74, 6) is 1.16. The van der Waals surface area contributed by atoms with E-state index in [1.165, 1.54) is 10.9 Å². The normalized spacial score (nSPS) is 11.9. The number of nitrogens with zero attached hydrogens (tertiary/aromatic N) is 3. The lowest BCUT2D eigenvalue weighted by Gasteiger charge is -2.09. The van der Waals surface area contributed by atoms with E-state index in [1.807, 2.05) is 0 Å². The van der Waals surface area contributed by atoms with E-state index in [9.17, 15) is 9.90 Å². The standard InChI is InChI=1S/C15H14ClN5O3/c16-10-3-1-6-17-14(10)21-7-5-13(20-21)19-15(23)18-9-11(22)12-4-2-8-24-12/h1-8,11,22H,9H2,(H2,18,19,20,23). The summed E-state index contributed by atoms with van der Waals surface area (Å²) >= 11 is 6.05. The molecule has 0 bridgehead atoms. The van der Waals surface area contributed by atoms with Crippen molar-refractivity contribution in [2.45, 2.75) is 6.10 Å². The Morgan fingerprint density at radius 2 is 2.25 bits per heavy atom. The molecule has 124 valence electrons. The van der Waals surface area contributed by atoms with Gasteiger partial charge in [-0.3, -0.25) is 5.32 Å². The summed E-state index contributed by atoms with van der Waals surface area (Å²) in [7, 11) is 0. The number of carbonyl (C=O) groups is 1. The molecule has 0 aliphatic rings. The Morgan fingerprint density at radius 1 is 1.38 bits per heavy atom. The van der Waals surface area contributed by atoms with Gasteiger partial charge in [0.15, 0.2) is 11.6 Å². The monoisotopic (exact) mass is 347 g/mol. The van der Waals surface area contributed by atoms with Crippen LogP contribution in [0.3, 0.4) is 0 Å². The smallest absolute Gasteiger partial charge is 0.320 e. The predicted molar refractivity (Wildman–Crippen MR) is 87.1 cm³/mol. The largest absolute Gasteiger partial charge is 0.467 e. The topological polar surface area (TPSA) is 105 Å². The number of rotatable bonds is 5. The molecular weight excluding hydrogens is 334 g/mol. The number of hydrogen-bond donors (Lipinski definition) is 3. The highest BCUT2D eigenvalue weighted by molar-refractivity contribution is 6.32. The number of hydrogen-bond acceptors (Lipinski definition) is 5. The van der Waals surface area contributed by atoms with Gasteiger partial charge in [-0.15, -0.1) is 5.10 Å². The van der Waals surface area contributed by atoms with Crippen molar-refractivity contribution in [1.29, 1.82) is 0 Å². The molecule has 3 aromatic heterocycles. The Balaban J connectivity index is 1.57. The van der Waals surface area contributed by atoms with E-state index >= 15 is 0 Å². The molecule has 1 unspecified atom stereocenters. The van der Waals surface area contributed by atoms with Gasteiger partial charge in [0, 0.05) is 18.5 Å². The van der Waals surface area contributed by atoms with Crippen LogP contribution in [-0.2, 0) is 0 Å². The van der Waals surface area contributed by atoms with E-state index in [0.29, 0.717) is 22.4 Å². The molecule has 1 atom stereocenters. The maximum Gasteiger partial charge on any atom is 0.320 e. The average molecular weight is 348 g/mol. The second kappa shape index (κ2) is 7.16. The molecule has 3 heterocycles. The predicted octanol–water partition coefficient (Wildman–Crippen LogP) is 2.37. The molecule has 0 spiro atoms. The third-order valence-electron chi connectivity index (χ3n) is 3.11. The molecule has 3 aromatic rings. The van der Waals surface area contributed by atoms with E-state index < -0.39 is 12.1 Å². The molecule has 0 saturated heterocycles. The Labute approximate surface area is 142 Å². The van der Waals surface area contributed by atoms with Crippen LogP contribution < -0.4 is 10.6 Å². The first kappa shape index (κ1) is 16.0. The van der Waals surface area contributed by atoms with Gasteiger partial charge in [0.25, 0.3) is 0 Å². The van der Waals surface area contributed by atoms with Crippen LogP contribution in [0.1, 0.15) is 11.9 Å². The summed E-state index contributed by atoms with van der Waals surface area (Å²) in [6.07, 6.45) is 3.75. The molecule has 0 aromatic carbocycles. The Bertz CT molecular complexity index is 818. The first-order valence-corrected chi connectivity index (χ1v) is 7.44. The Hall–Kier alpha value is -2.84. The fourth-order valence-corrected chi connectivity index (χ4v) is 2.19. The first-order valence-electron chi connectivity index (χ1n) is 7.06. The van der Waals surface area contributed by atoms with Gasteiger partial charge >= 0.3 is 6.03 Å². The van der Waals surface area contributed by atoms with Gasteiger partial charge in [0.1, 0.15) is 11.9 Å². The number of halogens is 1. The van der Waals surface area contributed by atoms with Crippen molar-refractivity contribution in [3.05, 3.63) is 59.8 Å². The van der Waals surface area contributed by atoms with Crippen LogP contribution in [-0.4, -0.2) is 32.4 Å². The van der Waals surface area contributed by atoms with Crippen LogP contribution >= 0.6 is 11.6 Å². The highest BCUT2D eigenvalue weighted by Gasteiger charge is 2.13. The highest BCUT2D eigenvalue weighted by Crippen LogP contribution is 2.17. The van der Waals surface area contributed by atoms with Crippen LogP contribution in [0.25, 0.3) is 5.82 Å². The fourth-order valence-electron chi connectivity index (χ4n) is 1.99. The van der Waals surface area contributed by atoms with E-state index in [1.54, 1.807) is 42.7 Å². The van der Waals surface area contributed by atoms with Crippen molar-refractivity contribution < 1.29 is 14.3 Å². The second-order valence-corrected chi connectivity index (χ2v) is 5.23. The van der Waals surface area contributed by atoms with Gasteiger partial charge < -0.3 is 14.8 Å². The molecule has 3 N–H and O–H groups in total. The summed E-state index contributed by atoms with van der Waals surface area (Å²) in [5, 5.41) is 19.5. The number of urea groups is 1. The number of anilines is 1. The van der Waals surface area contributed by atoms with Crippen LogP contribution in [0.5, 0.6) is 0 Å². The maximum absolute atomic E-state index is 11.8. The van der Waals surface area contributed by atoms with Gasteiger partial charge in [-0.2, -0.15) is 0 Å². The summed E-state index contributed by atoms with van der Waals surface area (Å²) in [6, 6.07) is 7.80. The first-order chi connectivity index (χ1) is 11.6. The summed E-state index contributed by atoms with van der Waals surface area (Å²) < 4.78 is 6.51. The van der Waals surface area contributed by atoms with Crippen molar-refractivity contribution in [3.8, 4) is 5.82 Å². The number of carbonyl (C=O) groups excluding carboxylic acids is 1. The lowest BCUT2D eigenvalue weighted by molar-refractivity contribution is 0.149. The Morgan fingerprint density at radius 3 is 3.00 bits per heavy atom. The van der Waals surface area contributed by atoms with Gasteiger partial charge in [0.2, 0.25) is 0 Å². The zero-order valence-electron chi connectivity index (χ0n) is 12.4. The van der Waals surface area contributed by atoms with E-state index in [0.717, 1.165) is 0 Å². The zero-order valence-corrected chi connectivity index (χ0v) is 13.1. The lowest BCUT2D eigenvalue weighted by atomic mass is 10.3. The maximum atomic E-state index is 11.8. The van der Waals surface area contributed by atoms with Gasteiger partial charge in [-0.25, -0.2) is 14.5 Å². The van der Waals surface area contributed by atoms with Crippen molar-refractivity contribution in [2.24, 2.45) is 0 Å². The summed E-state index contributed by atoms with van der Waals surface area (Å²) in [6.45, 7) is 0.00608. The van der Waals surface area contributed by atoms with Crippen molar-refractivity contribution >= 4 is 23.4 Å². The highest BCUT2D eigenvalue weighted by atomic mass is 35.5. The second-order valence-electron chi connectivity index (χ2n) is 4.82. The minimum atomic E-state index is -0.921.